The van der Waals surface area contributed by atoms with Gasteiger partial charge < -0.3 is 9.55 Å². The molecule has 1 unspecified atom stereocenters. The van der Waals surface area contributed by atoms with Gasteiger partial charge in [-0.15, -0.1) is 6.58 Å². The summed E-state index contributed by atoms with van der Waals surface area (Å²) in [6.45, 7) is 5.67. The van der Waals surface area contributed by atoms with Gasteiger partial charge in [-0.2, -0.15) is 0 Å². The van der Waals surface area contributed by atoms with Crippen molar-refractivity contribution in [2.45, 2.75) is 13.0 Å². The average Bonchev–Trinajstić information content (AvgIpc) is 2.52. The van der Waals surface area contributed by atoms with Crippen LogP contribution in [0.15, 0.2) is 30.9 Å². The lowest BCUT2D eigenvalue weighted by atomic mass is 10.2. The molecule has 1 aromatic carbocycles. The monoisotopic (exact) mass is 222 g/mol. The van der Waals surface area contributed by atoms with Gasteiger partial charge in [0.25, 0.3) is 0 Å². The van der Waals surface area contributed by atoms with Crippen molar-refractivity contribution >= 4 is 23.3 Å². The Morgan fingerprint density at radius 1 is 1.60 bits per heavy atom. The van der Waals surface area contributed by atoms with Gasteiger partial charge in [-0.05, 0) is 37.3 Å². The van der Waals surface area contributed by atoms with Crippen molar-refractivity contribution in [2.24, 2.45) is 0 Å². The lowest BCUT2D eigenvalue weighted by Crippen LogP contribution is -2.01. The van der Waals surface area contributed by atoms with Crippen LogP contribution in [0.1, 0.15) is 13.0 Å². The van der Waals surface area contributed by atoms with Gasteiger partial charge in [-0.1, -0.05) is 6.08 Å². The van der Waals surface area contributed by atoms with E-state index < -0.39 is 0 Å². The van der Waals surface area contributed by atoms with Crippen LogP contribution in [0, 0.1) is 10.6 Å². The summed E-state index contributed by atoms with van der Waals surface area (Å²) in [5, 5.41) is 0. The van der Waals surface area contributed by atoms with Gasteiger partial charge in [-0.3, -0.25) is 0 Å². The molecule has 0 aliphatic rings. The van der Waals surface area contributed by atoms with Crippen LogP contribution in [0.5, 0.6) is 0 Å². The Hall–Kier alpha value is -1.42. The quantitative estimate of drug-likeness (QED) is 0.608. The molecule has 0 amide bonds. The predicted octanol–water partition coefficient (Wildman–Crippen LogP) is 3.58. The number of hydrogen-bond donors (Lipinski definition) is 1. The Bertz CT molecular complexity index is 567. The molecule has 2 rings (SSSR count). The number of halogens is 1. The zero-order valence-corrected chi connectivity index (χ0v) is 9.14. The molecule has 2 nitrogen and oxygen atoms in total. The maximum atomic E-state index is 13.1. The van der Waals surface area contributed by atoms with E-state index in [4.69, 9.17) is 12.2 Å². The molecular weight excluding hydrogens is 211 g/mol. The number of aromatic nitrogens is 2. The molecule has 4 heteroatoms. The topological polar surface area (TPSA) is 20.7 Å². The molecule has 1 aromatic heterocycles. The second kappa shape index (κ2) is 3.62. The molecule has 1 atom stereocenters. The minimum atomic E-state index is -0.262. The summed E-state index contributed by atoms with van der Waals surface area (Å²) in [5.41, 5.74) is 1.61. The fourth-order valence-electron chi connectivity index (χ4n) is 1.60. The largest absolute Gasteiger partial charge is 0.331 e. The summed E-state index contributed by atoms with van der Waals surface area (Å²) in [5.74, 6) is -0.262. The highest BCUT2D eigenvalue weighted by molar-refractivity contribution is 7.71. The molecule has 0 saturated heterocycles. The summed E-state index contributed by atoms with van der Waals surface area (Å²) < 4.78 is 15.5. The number of H-pyrrole nitrogens is 1. The zero-order valence-electron chi connectivity index (χ0n) is 8.33. The molecule has 0 aliphatic heterocycles. The van der Waals surface area contributed by atoms with Crippen molar-refractivity contribution < 1.29 is 4.39 Å². The SMILES string of the molecule is C=CC(C)n1c(=S)[nH]c2ccc(F)cc21. The number of rotatable bonds is 2. The third-order valence-electron chi connectivity index (χ3n) is 2.43. The number of hydrogen-bond acceptors (Lipinski definition) is 1. The Labute approximate surface area is 92.0 Å². The predicted molar refractivity (Wildman–Crippen MR) is 62.0 cm³/mol. The molecule has 15 heavy (non-hydrogen) atoms. The van der Waals surface area contributed by atoms with E-state index >= 15 is 0 Å². The van der Waals surface area contributed by atoms with E-state index in [-0.39, 0.29) is 11.9 Å². The second-order valence-corrected chi connectivity index (χ2v) is 3.82. The van der Waals surface area contributed by atoms with Gasteiger partial charge in [0.2, 0.25) is 0 Å². The highest BCUT2D eigenvalue weighted by atomic mass is 32.1. The molecule has 1 heterocycles. The Morgan fingerprint density at radius 3 is 3.00 bits per heavy atom. The van der Waals surface area contributed by atoms with Crippen molar-refractivity contribution in [3.63, 3.8) is 0 Å². The summed E-state index contributed by atoms with van der Waals surface area (Å²) in [4.78, 5) is 3.03. The van der Waals surface area contributed by atoms with Crippen LogP contribution in [0.25, 0.3) is 11.0 Å². The number of nitrogens with zero attached hydrogens (tertiary/aromatic N) is 1. The number of aromatic amines is 1. The van der Waals surface area contributed by atoms with Gasteiger partial charge in [0.05, 0.1) is 17.1 Å². The molecule has 0 saturated carbocycles. The molecule has 0 fully saturated rings. The first kappa shape index (κ1) is 10.1. The van der Waals surface area contributed by atoms with Crippen molar-refractivity contribution in [2.75, 3.05) is 0 Å². The standard InChI is InChI=1S/C11H11FN2S/c1-3-7(2)14-10-6-8(12)4-5-9(10)13-11(14)15/h3-7H,1H2,2H3,(H,13,15). The first-order valence-corrected chi connectivity index (χ1v) is 5.06. The van der Waals surface area contributed by atoms with E-state index in [0.29, 0.717) is 4.77 Å². The van der Waals surface area contributed by atoms with Gasteiger partial charge in [0.1, 0.15) is 5.82 Å². The van der Waals surface area contributed by atoms with Crippen LogP contribution in [0.3, 0.4) is 0 Å². The van der Waals surface area contributed by atoms with Crippen LogP contribution in [0.2, 0.25) is 0 Å². The number of benzene rings is 1. The van der Waals surface area contributed by atoms with E-state index in [1.807, 2.05) is 11.5 Å². The number of fused-ring (bicyclic) bond motifs is 1. The van der Waals surface area contributed by atoms with Gasteiger partial charge >= 0.3 is 0 Å². The number of allylic oxidation sites excluding steroid dienone is 1. The molecule has 0 spiro atoms. The molecule has 0 aliphatic carbocycles. The first-order chi connectivity index (χ1) is 7.13. The van der Waals surface area contributed by atoms with E-state index in [1.54, 1.807) is 12.1 Å². The van der Waals surface area contributed by atoms with Crippen molar-refractivity contribution in [1.29, 1.82) is 0 Å². The molecule has 1 N–H and O–H groups in total. The van der Waals surface area contributed by atoms with Crippen LogP contribution >= 0.6 is 12.2 Å². The van der Waals surface area contributed by atoms with Crippen LogP contribution in [-0.4, -0.2) is 9.55 Å². The smallest absolute Gasteiger partial charge is 0.178 e. The Balaban J connectivity index is 2.82. The number of nitrogens with one attached hydrogen (secondary N) is 1. The van der Waals surface area contributed by atoms with E-state index in [0.717, 1.165) is 11.0 Å². The third-order valence-corrected chi connectivity index (χ3v) is 2.73. The van der Waals surface area contributed by atoms with E-state index in [1.165, 1.54) is 12.1 Å². The molecule has 2 aromatic rings. The van der Waals surface area contributed by atoms with Crippen molar-refractivity contribution in [1.82, 2.24) is 9.55 Å². The van der Waals surface area contributed by atoms with Gasteiger partial charge in [-0.25, -0.2) is 4.39 Å². The zero-order chi connectivity index (χ0) is 11.0. The Morgan fingerprint density at radius 2 is 2.33 bits per heavy atom. The Kier molecular flexibility index (Phi) is 2.44. The van der Waals surface area contributed by atoms with Gasteiger partial charge in [0.15, 0.2) is 4.77 Å². The lowest BCUT2D eigenvalue weighted by molar-refractivity contribution is 0.625. The minimum Gasteiger partial charge on any atom is -0.331 e. The molecule has 78 valence electrons. The third kappa shape index (κ3) is 1.61. The highest BCUT2D eigenvalue weighted by Crippen LogP contribution is 2.20. The van der Waals surface area contributed by atoms with Crippen molar-refractivity contribution in [3.8, 4) is 0 Å². The fourth-order valence-corrected chi connectivity index (χ4v) is 1.98. The molecular formula is C11H11FN2S. The number of imidazole rings is 1. The summed E-state index contributed by atoms with van der Waals surface area (Å²) in [6.07, 6.45) is 1.77. The summed E-state index contributed by atoms with van der Waals surface area (Å²) in [6, 6.07) is 4.62. The van der Waals surface area contributed by atoms with Crippen LogP contribution in [0.4, 0.5) is 4.39 Å². The summed E-state index contributed by atoms with van der Waals surface area (Å²) in [7, 11) is 0. The highest BCUT2D eigenvalue weighted by Gasteiger charge is 2.08. The minimum absolute atomic E-state index is 0.0491. The first-order valence-electron chi connectivity index (χ1n) is 4.66. The maximum absolute atomic E-state index is 13.1. The van der Waals surface area contributed by atoms with E-state index in [2.05, 4.69) is 11.6 Å². The average molecular weight is 222 g/mol. The molecule has 0 radical (unpaired) electrons. The van der Waals surface area contributed by atoms with Crippen LogP contribution in [-0.2, 0) is 0 Å². The molecule has 0 bridgehead atoms. The van der Waals surface area contributed by atoms with E-state index in [9.17, 15) is 4.39 Å². The van der Waals surface area contributed by atoms with Gasteiger partial charge in [0, 0.05) is 0 Å². The van der Waals surface area contributed by atoms with Crippen LogP contribution < -0.4 is 0 Å². The fraction of sp³-hybridized carbons (Fsp3) is 0.182. The summed E-state index contributed by atoms with van der Waals surface area (Å²) >= 11 is 5.18. The van der Waals surface area contributed by atoms with Crippen molar-refractivity contribution in [3.05, 3.63) is 41.4 Å². The lowest BCUT2D eigenvalue weighted by Gasteiger charge is -2.08. The normalized spacial score (nSPS) is 12.9. The second-order valence-electron chi connectivity index (χ2n) is 3.44. The maximum Gasteiger partial charge on any atom is 0.178 e.